The molecule has 4 heteroatoms. The zero-order chi connectivity index (χ0) is 9.90. The van der Waals surface area contributed by atoms with E-state index in [1.54, 1.807) is 7.11 Å². The molecule has 76 valence electrons. The molecule has 1 rings (SSSR count). The summed E-state index contributed by atoms with van der Waals surface area (Å²) in [5.41, 5.74) is 5.21. The highest BCUT2D eigenvalue weighted by Crippen LogP contribution is 2.36. The fourth-order valence-corrected chi connectivity index (χ4v) is 2.00. The Morgan fingerprint density at radius 3 is 2.54 bits per heavy atom. The van der Waals surface area contributed by atoms with Crippen molar-refractivity contribution < 1.29 is 14.6 Å². The van der Waals surface area contributed by atoms with E-state index in [1.807, 2.05) is 0 Å². The third kappa shape index (κ3) is 2.42. The number of carboxylic acids is 1. The van der Waals surface area contributed by atoms with Crippen molar-refractivity contribution in [1.29, 1.82) is 0 Å². The summed E-state index contributed by atoms with van der Waals surface area (Å²) in [6.07, 6.45) is 4.52. The summed E-state index contributed by atoms with van der Waals surface area (Å²) < 4.78 is 5.38. The van der Waals surface area contributed by atoms with E-state index in [0.29, 0.717) is 6.42 Å². The molecule has 0 heterocycles. The maximum Gasteiger partial charge on any atom is 0.320 e. The largest absolute Gasteiger partial charge is 0.480 e. The molecule has 0 aromatic heterocycles. The molecule has 0 amide bonds. The van der Waals surface area contributed by atoms with Gasteiger partial charge in [0.2, 0.25) is 0 Å². The lowest BCUT2D eigenvalue weighted by Crippen LogP contribution is -2.40. The Hall–Kier alpha value is -0.610. The number of ether oxygens (including phenoxy) is 1. The van der Waals surface area contributed by atoms with Crippen LogP contribution in [0.4, 0.5) is 0 Å². The fourth-order valence-electron chi connectivity index (χ4n) is 2.00. The Balaban J connectivity index is 2.52. The Kier molecular flexibility index (Phi) is 3.27. The topological polar surface area (TPSA) is 72.5 Å². The number of hydrogen-bond donors (Lipinski definition) is 2. The van der Waals surface area contributed by atoms with Crippen molar-refractivity contribution in [3.63, 3.8) is 0 Å². The average Bonchev–Trinajstić information content (AvgIpc) is 2.54. The van der Waals surface area contributed by atoms with Gasteiger partial charge in [0.25, 0.3) is 0 Å². The molecule has 13 heavy (non-hydrogen) atoms. The predicted octanol–water partition coefficient (Wildman–Crippen LogP) is 0.748. The van der Waals surface area contributed by atoms with E-state index in [2.05, 4.69) is 0 Å². The van der Waals surface area contributed by atoms with E-state index in [4.69, 9.17) is 15.6 Å². The van der Waals surface area contributed by atoms with Crippen LogP contribution in [0, 0.1) is 0 Å². The summed E-state index contributed by atoms with van der Waals surface area (Å²) >= 11 is 0. The van der Waals surface area contributed by atoms with Crippen molar-refractivity contribution >= 4 is 5.97 Å². The highest BCUT2D eigenvalue weighted by molar-refractivity contribution is 5.73. The second-order valence-electron chi connectivity index (χ2n) is 3.74. The SMILES string of the molecule is COC1(C[C@@H](N)C(=O)O)CCCC1. The average molecular weight is 187 g/mol. The summed E-state index contributed by atoms with van der Waals surface area (Å²) in [4.78, 5) is 10.6. The molecule has 3 N–H and O–H groups in total. The smallest absolute Gasteiger partial charge is 0.320 e. The predicted molar refractivity (Wildman–Crippen MR) is 48.4 cm³/mol. The molecule has 0 bridgehead atoms. The van der Waals surface area contributed by atoms with Gasteiger partial charge in [-0.05, 0) is 12.8 Å². The molecule has 1 fully saturated rings. The summed E-state index contributed by atoms with van der Waals surface area (Å²) in [5.74, 6) is -0.941. The molecule has 1 atom stereocenters. The van der Waals surface area contributed by atoms with Crippen molar-refractivity contribution in [3.05, 3.63) is 0 Å². The first-order chi connectivity index (χ1) is 6.09. The summed E-state index contributed by atoms with van der Waals surface area (Å²) in [7, 11) is 1.64. The van der Waals surface area contributed by atoms with Crippen molar-refractivity contribution in [2.24, 2.45) is 5.73 Å². The second kappa shape index (κ2) is 4.07. The van der Waals surface area contributed by atoms with Crippen LogP contribution in [-0.2, 0) is 9.53 Å². The number of nitrogens with two attached hydrogens (primary N) is 1. The fraction of sp³-hybridized carbons (Fsp3) is 0.889. The number of carbonyl (C=O) groups is 1. The quantitative estimate of drug-likeness (QED) is 0.681. The molecule has 0 saturated heterocycles. The zero-order valence-corrected chi connectivity index (χ0v) is 7.95. The van der Waals surface area contributed by atoms with Gasteiger partial charge in [0.1, 0.15) is 6.04 Å². The minimum atomic E-state index is -0.941. The van der Waals surface area contributed by atoms with Crippen molar-refractivity contribution in [1.82, 2.24) is 0 Å². The molecule has 0 unspecified atom stereocenters. The van der Waals surface area contributed by atoms with Crippen LogP contribution in [0.3, 0.4) is 0 Å². The first kappa shape index (κ1) is 10.5. The lowest BCUT2D eigenvalue weighted by molar-refractivity contribution is -0.140. The van der Waals surface area contributed by atoms with E-state index in [0.717, 1.165) is 25.7 Å². The Morgan fingerprint density at radius 1 is 1.62 bits per heavy atom. The molecule has 0 spiro atoms. The Labute approximate surface area is 78.1 Å². The zero-order valence-electron chi connectivity index (χ0n) is 7.95. The van der Waals surface area contributed by atoms with Gasteiger partial charge in [-0.1, -0.05) is 12.8 Å². The number of carboxylic acid groups (broad SMARTS) is 1. The van der Waals surface area contributed by atoms with Gasteiger partial charge in [0.15, 0.2) is 0 Å². The standard InChI is InChI=1S/C9H17NO3/c1-13-9(4-2-3-5-9)6-7(10)8(11)12/h7H,2-6,10H2,1H3,(H,11,12)/t7-/m1/s1. The number of rotatable bonds is 4. The third-order valence-electron chi connectivity index (χ3n) is 2.86. The lowest BCUT2D eigenvalue weighted by Gasteiger charge is -2.28. The van der Waals surface area contributed by atoms with E-state index in [-0.39, 0.29) is 5.60 Å². The van der Waals surface area contributed by atoms with Crippen LogP contribution in [-0.4, -0.2) is 29.8 Å². The van der Waals surface area contributed by atoms with E-state index in [1.165, 1.54) is 0 Å². The van der Waals surface area contributed by atoms with Crippen LogP contribution in [0.2, 0.25) is 0 Å². The maximum absolute atomic E-state index is 10.6. The van der Waals surface area contributed by atoms with Crippen LogP contribution in [0.1, 0.15) is 32.1 Å². The first-order valence-corrected chi connectivity index (χ1v) is 4.63. The maximum atomic E-state index is 10.6. The first-order valence-electron chi connectivity index (χ1n) is 4.63. The van der Waals surface area contributed by atoms with Crippen LogP contribution < -0.4 is 5.73 Å². The molecular formula is C9H17NO3. The molecule has 0 aliphatic heterocycles. The minimum absolute atomic E-state index is 0.266. The van der Waals surface area contributed by atoms with Gasteiger partial charge < -0.3 is 15.6 Å². The number of hydrogen-bond acceptors (Lipinski definition) is 3. The molecule has 1 aliphatic rings. The van der Waals surface area contributed by atoms with Crippen LogP contribution in [0.15, 0.2) is 0 Å². The molecule has 0 radical (unpaired) electrons. The van der Waals surface area contributed by atoms with Gasteiger partial charge in [-0.15, -0.1) is 0 Å². The van der Waals surface area contributed by atoms with Crippen molar-refractivity contribution in [2.45, 2.75) is 43.7 Å². The molecular weight excluding hydrogens is 170 g/mol. The summed E-state index contributed by atoms with van der Waals surface area (Å²) in [6.45, 7) is 0. The minimum Gasteiger partial charge on any atom is -0.480 e. The van der Waals surface area contributed by atoms with Crippen molar-refractivity contribution in [2.75, 3.05) is 7.11 Å². The van der Waals surface area contributed by atoms with E-state index < -0.39 is 12.0 Å². The highest BCUT2D eigenvalue weighted by Gasteiger charge is 2.36. The normalized spacial score (nSPS) is 22.9. The highest BCUT2D eigenvalue weighted by atomic mass is 16.5. The van der Waals surface area contributed by atoms with Gasteiger partial charge in [-0.25, -0.2) is 0 Å². The van der Waals surface area contributed by atoms with Crippen LogP contribution in [0.5, 0.6) is 0 Å². The monoisotopic (exact) mass is 187 g/mol. The van der Waals surface area contributed by atoms with Crippen LogP contribution >= 0.6 is 0 Å². The third-order valence-corrected chi connectivity index (χ3v) is 2.86. The van der Waals surface area contributed by atoms with Gasteiger partial charge >= 0.3 is 5.97 Å². The summed E-state index contributed by atoms with van der Waals surface area (Å²) in [6, 6.07) is -0.793. The molecule has 0 aromatic carbocycles. The van der Waals surface area contributed by atoms with E-state index >= 15 is 0 Å². The number of aliphatic carboxylic acids is 1. The van der Waals surface area contributed by atoms with Crippen molar-refractivity contribution in [3.8, 4) is 0 Å². The van der Waals surface area contributed by atoms with Crippen LogP contribution in [0.25, 0.3) is 0 Å². The second-order valence-corrected chi connectivity index (χ2v) is 3.74. The molecule has 1 aliphatic carbocycles. The van der Waals surface area contributed by atoms with Gasteiger partial charge in [-0.2, -0.15) is 0 Å². The van der Waals surface area contributed by atoms with Gasteiger partial charge in [0, 0.05) is 13.5 Å². The Morgan fingerprint density at radius 2 is 2.15 bits per heavy atom. The number of methoxy groups -OCH3 is 1. The Bertz CT molecular complexity index is 187. The molecule has 0 aromatic rings. The summed E-state index contributed by atoms with van der Waals surface area (Å²) in [5, 5.41) is 8.67. The molecule has 1 saturated carbocycles. The van der Waals surface area contributed by atoms with E-state index in [9.17, 15) is 4.79 Å². The molecule has 4 nitrogen and oxygen atoms in total. The lowest BCUT2D eigenvalue weighted by atomic mass is 9.93. The van der Waals surface area contributed by atoms with Gasteiger partial charge in [0.05, 0.1) is 5.60 Å². The van der Waals surface area contributed by atoms with Gasteiger partial charge in [-0.3, -0.25) is 4.79 Å².